The molecule has 0 saturated carbocycles. The highest BCUT2D eigenvalue weighted by Gasteiger charge is 2.22. The summed E-state index contributed by atoms with van der Waals surface area (Å²) >= 11 is 0. The van der Waals surface area contributed by atoms with Crippen molar-refractivity contribution in [2.45, 2.75) is 143 Å². The first kappa shape index (κ1) is 66.5. The molecule has 8 heterocycles. The maximum atomic E-state index is 4.64. The summed E-state index contributed by atoms with van der Waals surface area (Å²) in [5, 5.41) is 8.70. The van der Waals surface area contributed by atoms with Crippen LogP contribution in [0.3, 0.4) is 0 Å². The lowest BCUT2D eigenvalue weighted by Crippen LogP contribution is -2.31. The Morgan fingerprint density at radius 3 is 1.19 bits per heavy atom. The molecule has 0 spiro atoms. The van der Waals surface area contributed by atoms with Crippen molar-refractivity contribution in [2.24, 2.45) is 40.0 Å². The number of hydrogen-bond acceptors (Lipinski definition) is 4. The van der Waals surface area contributed by atoms with Crippen LogP contribution in [0.4, 0.5) is 0 Å². The van der Waals surface area contributed by atoms with Gasteiger partial charge in [0, 0.05) is 111 Å². The Hall–Kier alpha value is -8.88. The summed E-state index contributed by atoms with van der Waals surface area (Å²) in [5.41, 5.74) is 31.2. The number of nitrogens with zero attached hydrogens (tertiary/aromatic N) is 8. The Kier molecular flexibility index (Phi) is 20.5. The zero-order chi connectivity index (χ0) is 65.9. The molecular weight excluding hydrogens is 1110 g/mol. The van der Waals surface area contributed by atoms with E-state index >= 15 is 0 Å². The van der Waals surface area contributed by atoms with E-state index in [0.29, 0.717) is 17.8 Å². The summed E-state index contributed by atoms with van der Waals surface area (Å²) in [5.74, 6) is 1.74. The lowest BCUT2D eigenvalue weighted by molar-refractivity contribution is -0.659. The maximum Gasteiger partial charge on any atom is 0.214 e. The second-order valence-electron chi connectivity index (χ2n) is 27.3. The van der Waals surface area contributed by atoms with E-state index in [1.165, 1.54) is 166 Å². The van der Waals surface area contributed by atoms with Gasteiger partial charge in [-0.2, -0.15) is 0 Å². The molecule has 0 atom stereocenters. The number of fused-ring (bicyclic) bond motifs is 4. The average Bonchev–Trinajstić information content (AvgIpc) is 0.815. The summed E-state index contributed by atoms with van der Waals surface area (Å²) in [6.07, 6.45) is 24.8. The highest BCUT2D eigenvalue weighted by atomic mass is 14.9. The van der Waals surface area contributed by atoms with Crippen LogP contribution in [0.2, 0.25) is 0 Å². The van der Waals surface area contributed by atoms with Gasteiger partial charge >= 0.3 is 0 Å². The molecule has 12 rings (SSSR count). The minimum absolute atomic E-state index is 0.472. The fourth-order valence-electron chi connectivity index (χ4n) is 13.0. The number of hydrogen-bond donors (Lipinski definition) is 0. The van der Waals surface area contributed by atoms with Crippen LogP contribution in [-0.2, 0) is 41.0 Å². The summed E-state index contributed by atoms with van der Waals surface area (Å²) in [6.45, 7) is 39.7. The predicted molar refractivity (Wildman–Crippen MR) is 381 cm³/mol. The van der Waals surface area contributed by atoms with Gasteiger partial charge in [-0.1, -0.05) is 88.1 Å². The van der Waals surface area contributed by atoms with Gasteiger partial charge in [0.1, 0.15) is 28.2 Å². The highest BCUT2D eigenvalue weighted by Crippen LogP contribution is 2.33. The molecule has 0 aliphatic heterocycles. The number of aromatic nitrogens is 8. The second-order valence-corrected chi connectivity index (χ2v) is 27.3. The Labute approximate surface area is 543 Å². The highest BCUT2D eigenvalue weighted by molar-refractivity contribution is 5.88. The third-order valence-electron chi connectivity index (χ3n) is 18.3. The van der Waals surface area contributed by atoms with Crippen molar-refractivity contribution < 1.29 is 18.3 Å². The third-order valence-corrected chi connectivity index (χ3v) is 18.3. The van der Waals surface area contributed by atoms with Gasteiger partial charge < -0.3 is 0 Å². The van der Waals surface area contributed by atoms with E-state index in [1.807, 2.05) is 49.4 Å². The fraction of sp³-hybridized carbons (Fsp3) is 0.325. The zero-order valence-electron chi connectivity index (χ0n) is 58.7. The van der Waals surface area contributed by atoms with E-state index in [2.05, 4.69) is 295 Å². The molecule has 0 amide bonds. The monoisotopic (exact) mass is 1210 g/mol. The van der Waals surface area contributed by atoms with Crippen molar-refractivity contribution in [1.29, 1.82) is 0 Å². The number of rotatable bonds is 9. The van der Waals surface area contributed by atoms with E-state index in [4.69, 9.17) is 0 Å². The molecule has 8 nitrogen and oxygen atoms in total. The van der Waals surface area contributed by atoms with Crippen molar-refractivity contribution in [3.05, 3.63) is 237 Å². The Morgan fingerprint density at radius 2 is 0.725 bits per heavy atom. The van der Waals surface area contributed by atoms with Crippen molar-refractivity contribution in [3.8, 4) is 45.0 Å². The molecular formula is C83H98N8+4. The predicted octanol–water partition coefficient (Wildman–Crippen LogP) is 18.1. The first-order valence-electron chi connectivity index (χ1n) is 32.5. The topological polar surface area (TPSA) is 67.1 Å². The minimum Gasteiger partial charge on any atom is -0.264 e. The Morgan fingerprint density at radius 1 is 0.341 bits per heavy atom. The molecule has 0 fully saturated rings. The summed E-state index contributed by atoms with van der Waals surface area (Å²) in [6, 6.07) is 31.3. The molecule has 0 radical (unpaired) electrons. The van der Waals surface area contributed by atoms with Gasteiger partial charge in [-0.25, -0.2) is 18.3 Å². The summed E-state index contributed by atoms with van der Waals surface area (Å²) in [4.78, 5) is 17.8. The summed E-state index contributed by atoms with van der Waals surface area (Å²) < 4.78 is 8.95. The van der Waals surface area contributed by atoms with Gasteiger partial charge in [0.25, 0.3) is 0 Å². The molecule has 8 aromatic heterocycles. The van der Waals surface area contributed by atoms with Crippen LogP contribution in [0.1, 0.15) is 131 Å². The minimum atomic E-state index is 0.472. The van der Waals surface area contributed by atoms with Crippen molar-refractivity contribution in [3.63, 3.8) is 0 Å². The largest absolute Gasteiger partial charge is 0.264 e. The van der Waals surface area contributed by atoms with Gasteiger partial charge in [-0.3, -0.25) is 19.9 Å². The van der Waals surface area contributed by atoms with Crippen LogP contribution in [0.5, 0.6) is 0 Å². The van der Waals surface area contributed by atoms with E-state index in [-0.39, 0.29) is 0 Å². The molecule has 91 heavy (non-hydrogen) atoms. The van der Waals surface area contributed by atoms with Crippen LogP contribution in [0, 0.1) is 94.9 Å². The van der Waals surface area contributed by atoms with E-state index in [9.17, 15) is 0 Å². The van der Waals surface area contributed by atoms with Crippen LogP contribution in [-0.4, -0.2) is 19.9 Å². The molecule has 8 heteroatoms. The van der Waals surface area contributed by atoms with Gasteiger partial charge in [-0.05, 0) is 211 Å². The quantitative estimate of drug-likeness (QED) is 0.135. The zero-order valence-corrected chi connectivity index (χ0v) is 58.7. The molecule has 0 bridgehead atoms. The van der Waals surface area contributed by atoms with Crippen molar-refractivity contribution in [2.75, 3.05) is 0 Å². The Bertz CT molecular complexity index is 4550. The lowest BCUT2D eigenvalue weighted by Gasteiger charge is -2.12. The third kappa shape index (κ3) is 15.0. The van der Waals surface area contributed by atoms with Gasteiger partial charge in [-0.15, -0.1) is 0 Å². The van der Waals surface area contributed by atoms with Gasteiger partial charge in [0.05, 0.1) is 21.7 Å². The maximum absolute atomic E-state index is 4.64. The van der Waals surface area contributed by atoms with Crippen LogP contribution in [0.15, 0.2) is 153 Å². The molecule has 0 saturated heterocycles. The Balaban J connectivity index is 0.000000144. The first-order chi connectivity index (χ1) is 43.2. The van der Waals surface area contributed by atoms with Gasteiger partial charge in [0.15, 0.2) is 24.8 Å². The standard InChI is InChI=1S/2C22H27N2.C21H25N2.C18H19N2/c1-14(2)7-18-11-23-12-19-10-22(24(6)13-21(18)19)20-9-15(3)8-16(4)17(20)5;1-14(2)9-18-7-8-23-21-12-22(24(6)13-20(18)21)19-11-15(3)10-16(4)17(19)5;1-13(2)19-11-22-10-17-9-21(23(6)12-20(17)19)18-8-14(3)7-15(4)16(18)5;1-12-7-13(2)14(3)17(8-12)18-9-16-10-19-6-5-15(16)11-20(18)4/h8-14H,7H2,1-6H3;7-8,10-14H,9H2,1-6H3;7-13H,1-6H3;5-11H,1-4H3/q4*+1. The molecule has 466 valence electrons. The average molecular weight is 1210 g/mol. The molecule has 4 aromatic carbocycles. The first-order valence-corrected chi connectivity index (χ1v) is 32.5. The molecule has 0 aliphatic carbocycles. The lowest BCUT2D eigenvalue weighted by atomic mass is 9.95. The van der Waals surface area contributed by atoms with Gasteiger partial charge in [0.2, 0.25) is 22.8 Å². The fourth-order valence-corrected chi connectivity index (χ4v) is 13.0. The number of pyridine rings is 8. The normalized spacial score (nSPS) is 11.4. The smallest absolute Gasteiger partial charge is 0.214 e. The van der Waals surface area contributed by atoms with E-state index < -0.39 is 0 Å². The van der Waals surface area contributed by atoms with Crippen LogP contribution < -0.4 is 18.3 Å². The number of aryl methyl sites for hydroxylation is 12. The molecule has 0 N–H and O–H groups in total. The van der Waals surface area contributed by atoms with E-state index in [1.54, 1.807) is 0 Å². The van der Waals surface area contributed by atoms with Crippen LogP contribution >= 0.6 is 0 Å². The SMILES string of the molecule is Cc1cc(C)c(C)c(-c2cc3cncc(C(C)C)c3c[n+]2C)c1.Cc1cc(C)c(C)c(-c2cc3cncc(CC(C)C)c3c[n+]2C)c1.Cc1cc(C)c(C)c(-c2cc3cnccc3c[n+]2C)c1.Cc1cc(C)c(C)c(-c2cc3nccc(CC(C)C)c3c[n+]2C)c1. The summed E-state index contributed by atoms with van der Waals surface area (Å²) in [7, 11) is 8.52. The molecule has 0 unspecified atom stereocenters. The molecule has 0 aliphatic rings. The van der Waals surface area contributed by atoms with Crippen molar-refractivity contribution in [1.82, 2.24) is 19.9 Å². The second kappa shape index (κ2) is 28.1. The van der Waals surface area contributed by atoms with Crippen molar-refractivity contribution >= 4 is 43.2 Å². The number of benzene rings is 4. The van der Waals surface area contributed by atoms with Crippen LogP contribution in [0.25, 0.3) is 88.2 Å². The molecule has 12 aromatic rings. The van der Waals surface area contributed by atoms with E-state index in [0.717, 1.165) is 18.4 Å².